The zero-order chi connectivity index (χ0) is 13.5. The van der Waals surface area contributed by atoms with E-state index in [9.17, 15) is 0 Å². The standard InChI is InChI=1S/C17H34N2/c1-3-5-15-6-8-17(9-7-15)19-12-10-16(11-13-19)14-18-4-2/h15-18H,3-14H2,1-2H3. The summed E-state index contributed by atoms with van der Waals surface area (Å²) in [5.41, 5.74) is 0. The quantitative estimate of drug-likeness (QED) is 0.789. The van der Waals surface area contributed by atoms with Crippen LogP contribution >= 0.6 is 0 Å². The number of hydrogen-bond donors (Lipinski definition) is 1. The van der Waals surface area contributed by atoms with Gasteiger partial charge in [-0.05, 0) is 76.5 Å². The van der Waals surface area contributed by atoms with Crippen molar-refractivity contribution in [2.75, 3.05) is 26.2 Å². The van der Waals surface area contributed by atoms with Crippen LogP contribution in [-0.2, 0) is 0 Å². The topological polar surface area (TPSA) is 15.3 Å². The maximum Gasteiger partial charge on any atom is 0.00954 e. The van der Waals surface area contributed by atoms with Gasteiger partial charge in [-0.3, -0.25) is 0 Å². The number of likely N-dealkylation sites (tertiary alicyclic amines) is 1. The lowest BCUT2D eigenvalue weighted by atomic mass is 9.82. The summed E-state index contributed by atoms with van der Waals surface area (Å²) in [5, 5.41) is 3.51. The molecule has 19 heavy (non-hydrogen) atoms. The lowest BCUT2D eigenvalue weighted by molar-refractivity contribution is 0.0928. The normalized spacial score (nSPS) is 30.6. The van der Waals surface area contributed by atoms with E-state index in [1.54, 1.807) is 0 Å². The Morgan fingerprint density at radius 2 is 1.58 bits per heavy atom. The first-order valence-electron chi connectivity index (χ1n) is 8.78. The number of piperidine rings is 1. The monoisotopic (exact) mass is 266 g/mol. The van der Waals surface area contributed by atoms with Crippen LogP contribution in [0.15, 0.2) is 0 Å². The lowest BCUT2D eigenvalue weighted by Crippen LogP contribution is -2.44. The minimum Gasteiger partial charge on any atom is -0.317 e. The van der Waals surface area contributed by atoms with E-state index in [0.717, 1.165) is 24.4 Å². The van der Waals surface area contributed by atoms with Crippen LogP contribution in [0.4, 0.5) is 0 Å². The molecule has 0 radical (unpaired) electrons. The number of rotatable bonds is 6. The molecule has 1 heterocycles. The first-order chi connectivity index (χ1) is 9.33. The van der Waals surface area contributed by atoms with Crippen molar-refractivity contribution in [1.29, 1.82) is 0 Å². The van der Waals surface area contributed by atoms with Crippen molar-refractivity contribution in [2.45, 2.75) is 71.3 Å². The van der Waals surface area contributed by atoms with E-state index in [4.69, 9.17) is 0 Å². The lowest BCUT2D eigenvalue weighted by Gasteiger charge is -2.41. The zero-order valence-electron chi connectivity index (χ0n) is 13.2. The molecule has 2 aliphatic rings. The minimum absolute atomic E-state index is 0.924. The molecule has 1 saturated heterocycles. The summed E-state index contributed by atoms with van der Waals surface area (Å²) < 4.78 is 0. The van der Waals surface area contributed by atoms with Crippen LogP contribution in [-0.4, -0.2) is 37.1 Å². The third kappa shape index (κ3) is 4.75. The number of nitrogens with one attached hydrogen (secondary N) is 1. The van der Waals surface area contributed by atoms with Crippen molar-refractivity contribution in [3.8, 4) is 0 Å². The van der Waals surface area contributed by atoms with E-state index in [1.807, 2.05) is 0 Å². The second kappa shape index (κ2) is 8.26. The summed E-state index contributed by atoms with van der Waals surface area (Å²) in [6.45, 7) is 9.64. The fraction of sp³-hybridized carbons (Fsp3) is 1.00. The van der Waals surface area contributed by atoms with E-state index in [2.05, 4.69) is 24.1 Å². The average Bonchev–Trinajstić information content (AvgIpc) is 2.47. The van der Waals surface area contributed by atoms with Crippen LogP contribution in [0.2, 0.25) is 0 Å². The molecule has 1 N–H and O–H groups in total. The first kappa shape index (κ1) is 15.3. The van der Waals surface area contributed by atoms with Gasteiger partial charge in [-0.1, -0.05) is 26.7 Å². The van der Waals surface area contributed by atoms with Crippen molar-refractivity contribution >= 4 is 0 Å². The summed E-state index contributed by atoms with van der Waals surface area (Å²) in [4.78, 5) is 2.81. The van der Waals surface area contributed by atoms with Gasteiger partial charge in [-0.15, -0.1) is 0 Å². The highest BCUT2D eigenvalue weighted by Crippen LogP contribution is 2.32. The number of nitrogens with zero attached hydrogens (tertiary/aromatic N) is 1. The van der Waals surface area contributed by atoms with Crippen LogP contribution in [0.1, 0.15) is 65.2 Å². The maximum absolute atomic E-state index is 3.51. The molecule has 0 unspecified atom stereocenters. The van der Waals surface area contributed by atoms with Crippen LogP contribution in [0.5, 0.6) is 0 Å². The summed E-state index contributed by atoms with van der Waals surface area (Å²) in [6, 6.07) is 0.924. The van der Waals surface area contributed by atoms with Crippen molar-refractivity contribution in [3.63, 3.8) is 0 Å². The van der Waals surface area contributed by atoms with Gasteiger partial charge in [-0.2, -0.15) is 0 Å². The Bertz CT molecular complexity index is 225. The average molecular weight is 266 g/mol. The summed E-state index contributed by atoms with van der Waals surface area (Å²) in [7, 11) is 0. The third-order valence-electron chi connectivity index (χ3n) is 5.36. The van der Waals surface area contributed by atoms with Gasteiger partial charge < -0.3 is 10.2 Å². The molecular weight excluding hydrogens is 232 g/mol. The van der Waals surface area contributed by atoms with Crippen molar-refractivity contribution < 1.29 is 0 Å². The molecule has 0 aromatic rings. The Kier molecular flexibility index (Phi) is 6.66. The summed E-state index contributed by atoms with van der Waals surface area (Å²) >= 11 is 0. The van der Waals surface area contributed by atoms with Crippen LogP contribution in [0.3, 0.4) is 0 Å². The van der Waals surface area contributed by atoms with Crippen molar-refractivity contribution in [1.82, 2.24) is 10.2 Å². The smallest absolute Gasteiger partial charge is 0.00954 e. The van der Waals surface area contributed by atoms with Gasteiger partial charge >= 0.3 is 0 Å². The maximum atomic E-state index is 3.51. The highest BCUT2D eigenvalue weighted by atomic mass is 15.2. The molecule has 0 bridgehead atoms. The Labute approximate surface area is 120 Å². The van der Waals surface area contributed by atoms with E-state index >= 15 is 0 Å². The molecule has 112 valence electrons. The molecule has 0 atom stereocenters. The molecule has 2 rings (SSSR count). The van der Waals surface area contributed by atoms with Gasteiger partial charge in [-0.25, -0.2) is 0 Å². The largest absolute Gasteiger partial charge is 0.317 e. The van der Waals surface area contributed by atoms with Gasteiger partial charge in [0, 0.05) is 6.04 Å². The van der Waals surface area contributed by atoms with Gasteiger partial charge in [0.2, 0.25) is 0 Å². The predicted molar refractivity (Wildman–Crippen MR) is 83.5 cm³/mol. The molecule has 1 aliphatic carbocycles. The Morgan fingerprint density at radius 3 is 2.16 bits per heavy atom. The third-order valence-corrected chi connectivity index (χ3v) is 5.36. The Morgan fingerprint density at radius 1 is 0.895 bits per heavy atom. The molecular formula is C17H34N2. The van der Waals surface area contributed by atoms with Gasteiger partial charge in [0.05, 0.1) is 0 Å². The minimum atomic E-state index is 0.924. The molecule has 0 aromatic heterocycles. The second-order valence-corrected chi connectivity index (χ2v) is 6.75. The van der Waals surface area contributed by atoms with E-state index in [0.29, 0.717) is 0 Å². The highest BCUT2D eigenvalue weighted by molar-refractivity contribution is 4.83. The Balaban J connectivity index is 1.65. The fourth-order valence-corrected chi connectivity index (χ4v) is 4.08. The Hall–Kier alpha value is -0.0800. The zero-order valence-corrected chi connectivity index (χ0v) is 13.2. The number of hydrogen-bond acceptors (Lipinski definition) is 2. The summed E-state index contributed by atoms with van der Waals surface area (Å²) in [6.07, 6.45) is 11.6. The molecule has 0 spiro atoms. The second-order valence-electron chi connectivity index (χ2n) is 6.75. The van der Waals surface area contributed by atoms with Crippen LogP contribution < -0.4 is 5.32 Å². The van der Waals surface area contributed by atoms with Gasteiger partial charge in [0.25, 0.3) is 0 Å². The molecule has 2 fully saturated rings. The fourth-order valence-electron chi connectivity index (χ4n) is 4.08. The predicted octanol–water partition coefficient (Wildman–Crippen LogP) is 3.67. The highest BCUT2D eigenvalue weighted by Gasteiger charge is 2.28. The van der Waals surface area contributed by atoms with Crippen molar-refractivity contribution in [2.24, 2.45) is 11.8 Å². The molecule has 1 saturated carbocycles. The van der Waals surface area contributed by atoms with Crippen LogP contribution in [0.25, 0.3) is 0 Å². The molecule has 0 aromatic carbocycles. The van der Waals surface area contributed by atoms with Gasteiger partial charge in [0.15, 0.2) is 0 Å². The first-order valence-corrected chi connectivity index (χ1v) is 8.78. The molecule has 2 nitrogen and oxygen atoms in total. The van der Waals surface area contributed by atoms with E-state index in [1.165, 1.54) is 71.0 Å². The van der Waals surface area contributed by atoms with Gasteiger partial charge in [0.1, 0.15) is 0 Å². The van der Waals surface area contributed by atoms with E-state index < -0.39 is 0 Å². The van der Waals surface area contributed by atoms with Crippen molar-refractivity contribution in [3.05, 3.63) is 0 Å². The molecule has 0 amide bonds. The molecule has 2 heteroatoms. The SMILES string of the molecule is CCCC1CCC(N2CCC(CNCC)CC2)CC1. The molecule has 1 aliphatic heterocycles. The van der Waals surface area contributed by atoms with Crippen LogP contribution in [0, 0.1) is 11.8 Å². The van der Waals surface area contributed by atoms with E-state index in [-0.39, 0.29) is 0 Å². The summed E-state index contributed by atoms with van der Waals surface area (Å²) in [5.74, 6) is 1.99.